The van der Waals surface area contributed by atoms with Gasteiger partial charge in [0.05, 0.1) is 6.54 Å². The first-order valence-electron chi connectivity index (χ1n) is 9.01. The zero-order chi connectivity index (χ0) is 20.8. The van der Waals surface area contributed by atoms with Crippen LogP contribution in [0.3, 0.4) is 0 Å². The third-order valence-corrected chi connectivity index (χ3v) is 4.65. The number of amides is 4. The molecule has 1 saturated heterocycles. The Morgan fingerprint density at radius 2 is 1.86 bits per heavy atom. The first-order valence-corrected chi connectivity index (χ1v) is 9.39. The number of benzene rings is 2. The molecular weight excluding hydrogens is 399 g/mol. The highest BCUT2D eigenvalue weighted by Crippen LogP contribution is 2.12. The average Bonchev–Trinajstić information content (AvgIpc) is 2.70. The highest BCUT2D eigenvalue weighted by molar-refractivity contribution is 6.30. The third kappa shape index (κ3) is 5.92. The summed E-state index contributed by atoms with van der Waals surface area (Å²) in [5, 5.41) is 5.95. The Labute approximate surface area is 172 Å². The lowest BCUT2D eigenvalue weighted by Gasteiger charge is -2.33. The number of anilines is 1. The van der Waals surface area contributed by atoms with Crippen molar-refractivity contribution in [2.75, 3.05) is 31.5 Å². The Balaban J connectivity index is 1.45. The number of hydrogen-bond acceptors (Lipinski definition) is 3. The van der Waals surface area contributed by atoms with Crippen LogP contribution >= 0.6 is 11.6 Å². The van der Waals surface area contributed by atoms with Crippen LogP contribution in [-0.2, 0) is 16.1 Å². The van der Waals surface area contributed by atoms with E-state index in [1.54, 1.807) is 18.2 Å². The van der Waals surface area contributed by atoms with Crippen LogP contribution in [0.25, 0.3) is 0 Å². The molecule has 152 valence electrons. The normalized spacial score (nSPS) is 13.9. The standard InChI is InChI=1S/C20H20ClFN4O3/c21-15-3-1-2-14(10-15)11-23-18(27)12-25-8-9-26(13-19(25)28)20(29)24-17-6-4-16(22)5-7-17/h1-7,10H,8-9,11-13H2,(H,23,27)(H,24,29). The van der Waals surface area contributed by atoms with Crippen LogP contribution in [0.1, 0.15) is 5.56 Å². The number of halogens is 2. The van der Waals surface area contributed by atoms with Crippen LogP contribution in [0, 0.1) is 5.82 Å². The topological polar surface area (TPSA) is 81.8 Å². The van der Waals surface area contributed by atoms with Crippen LogP contribution in [0.2, 0.25) is 5.02 Å². The SMILES string of the molecule is O=C(CN1CCN(C(=O)Nc2ccc(F)cc2)CC1=O)NCc1cccc(Cl)c1. The lowest BCUT2D eigenvalue weighted by atomic mass is 10.2. The molecular formula is C20H20ClFN4O3. The van der Waals surface area contributed by atoms with Crippen molar-refractivity contribution in [3.63, 3.8) is 0 Å². The summed E-state index contributed by atoms with van der Waals surface area (Å²) >= 11 is 5.91. The molecule has 0 bridgehead atoms. The summed E-state index contributed by atoms with van der Waals surface area (Å²) in [5.41, 5.74) is 1.30. The van der Waals surface area contributed by atoms with Crippen molar-refractivity contribution < 1.29 is 18.8 Å². The Kier molecular flexibility index (Phi) is 6.66. The van der Waals surface area contributed by atoms with E-state index in [0.29, 0.717) is 23.8 Å². The van der Waals surface area contributed by atoms with E-state index in [2.05, 4.69) is 10.6 Å². The van der Waals surface area contributed by atoms with E-state index in [1.807, 2.05) is 6.07 Å². The zero-order valence-corrected chi connectivity index (χ0v) is 16.3. The zero-order valence-electron chi connectivity index (χ0n) is 15.5. The number of piperazine rings is 1. The van der Waals surface area contributed by atoms with E-state index in [-0.39, 0.29) is 31.4 Å². The Bertz CT molecular complexity index is 907. The van der Waals surface area contributed by atoms with Gasteiger partial charge in [0, 0.05) is 30.3 Å². The molecule has 0 radical (unpaired) electrons. The second kappa shape index (κ2) is 9.38. The second-order valence-electron chi connectivity index (χ2n) is 6.58. The fourth-order valence-corrected chi connectivity index (χ4v) is 3.07. The van der Waals surface area contributed by atoms with E-state index in [1.165, 1.54) is 34.1 Å². The predicted molar refractivity (Wildman–Crippen MR) is 107 cm³/mol. The smallest absolute Gasteiger partial charge is 0.322 e. The van der Waals surface area contributed by atoms with E-state index in [4.69, 9.17) is 11.6 Å². The predicted octanol–water partition coefficient (Wildman–Crippen LogP) is 2.47. The van der Waals surface area contributed by atoms with Crippen LogP contribution in [0.15, 0.2) is 48.5 Å². The number of carbonyl (C=O) groups is 3. The second-order valence-corrected chi connectivity index (χ2v) is 7.02. The first kappa shape index (κ1) is 20.6. The number of carbonyl (C=O) groups excluding carboxylic acids is 3. The van der Waals surface area contributed by atoms with Gasteiger partial charge in [-0.25, -0.2) is 9.18 Å². The summed E-state index contributed by atoms with van der Waals surface area (Å²) in [4.78, 5) is 39.5. The van der Waals surface area contributed by atoms with Crippen molar-refractivity contribution in [3.8, 4) is 0 Å². The molecule has 0 atom stereocenters. The molecule has 9 heteroatoms. The number of hydrogen-bond donors (Lipinski definition) is 2. The number of nitrogens with zero attached hydrogens (tertiary/aromatic N) is 2. The molecule has 4 amide bonds. The minimum Gasteiger partial charge on any atom is -0.350 e. The molecule has 2 aromatic carbocycles. The van der Waals surface area contributed by atoms with E-state index in [9.17, 15) is 18.8 Å². The average molecular weight is 419 g/mol. The molecule has 1 fully saturated rings. The van der Waals surface area contributed by atoms with Gasteiger partial charge in [-0.2, -0.15) is 0 Å². The van der Waals surface area contributed by atoms with Gasteiger partial charge in [-0.3, -0.25) is 9.59 Å². The molecule has 0 unspecified atom stereocenters. The van der Waals surface area contributed by atoms with Gasteiger partial charge >= 0.3 is 6.03 Å². The maximum atomic E-state index is 12.9. The van der Waals surface area contributed by atoms with Crippen LogP contribution in [0.4, 0.5) is 14.9 Å². The molecule has 29 heavy (non-hydrogen) atoms. The molecule has 2 aromatic rings. The van der Waals surface area contributed by atoms with Crippen LogP contribution in [-0.4, -0.2) is 53.8 Å². The fraction of sp³-hybridized carbons (Fsp3) is 0.250. The molecule has 0 aromatic heterocycles. The molecule has 1 aliphatic rings. The van der Waals surface area contributed by atoms with Gasteiger partial charge in [0.25, 0.3) is 0 Å². The molecule has 0 spiro atoms. The lowest BCUT2D eigenvalue weighted by molar-refractivity contribution is -0.139. The highest BCUT2D eigenvalue weighted by atomic mass is 35.5. The largest absolute Gasteiger partial charge is 0.350 e. The Morgan fingerprint density at radius 3 is 2.55 bits per heavy atom. The molecule has 2 N–H and O–H groups in total. The molecule has 0 aliphatic carbocycles. The quantitative estimate of drug-likeness (QED) is 0.782. The highest BCUT2D eigenvalue weighted by Gasteiger charge is 2.28. The van der Waals surface area contributed by atoms with Crippen molar-refractivity contribution in [3.05, 3.63) is 64.9 Å². The monoisotopic (exact) mass is 418 g/mol. The fourth-order valence-electron chi connectivity index (χ4n) is 2.86. The molecule has 1 heterocycles. The maximum Gasteiger partial charge on any atom is 0.322 e. The molecule has 1 aliphatic heterocycles. The number of nitrogens with one attached hydrogen (secondary N) is 2. The van der Waals surface area contributed by atoms with Gasteiger partial charge in [-0.05, 0) is 42.0 Å². The van der Waals surface area contributed by atoms with Gasteiger partial charge < -0.3 is 20.4 Å². The molecule has 3 rings (SSSR count). The van der Waals surface area contributed by atoms with Crippen molar-refractivity contribution in [1.82, 2.24) is 15.1 Å². The van der Waals surface area contributed by atoms with Crippen LogP contribution in [0.5, 0.6) is 0 Å². The third-order valence-electron chi connectivity index (χ3n) is 4.41. The van der Waals surface area contributed by atoms with E-state index in [0.717, 1.165) is 5.56 Å². The van der Waals surface area contributed by atoms with E-state index >= 15 is 0 Å². The van der Waals surface area contributed by atoms with Gasteiger partial charge in [0.2, 0.25) is 11.8 Å². The lowest BCUT2D eigenvalue weighted by Crippen LogP contribution is -2.55. The van der Waals surface area contributed by atoms with Gasteiger partial charge in [-0.1, -0.05) is 23.7 Å². The summed E-state index contributed by atoms with van der Waals surface area (Å²) in [6, 6.07) is 12.0. The van der Waals surface area contributed by atoms with Crippen molar-refractivity contribution in [1.29, 1.82) is 0 Å². The van der Waals surface area contributed by atoms with Gasteiger partial charge in [-0.15, -0.1) is 0 Å². The number of urea groups is 1. The van der Waals surface area contributed by atoms with Crippen molar-refractivity contribution >= 4 is 35.1 Å². The van der Waals surface area contributed by atoms with Crippen molar-refractivity contribution in [2.24, 2.45) is 0 Å². The summed E-state index contributed by atoms with van der Waals surface area (Å²) in [5.74, 6) is -1.01. The Morgan fingerprint density at radius 1 is 1.10 bits per heavy atom. The van der Waals surface area contributed by atoms with Crippen molar-refractivity contribution in [2.45, 2.75) is 6.54 Å². The van der Waals surface area contributed by atoms with Crippen LogP contribution < -0.4 is 10.6 Å². The Hall–Kier alpha value is -3.13. The maximum absolute atomic E-state index is 12.9. The van der Waals surface area contributed by atoms with Gasteiger partial charge in [0.1, 0.15) is 12.4 Å². The first-order chi connectivity index (χ1) is 13.9. The molecule has 0 saturated carbocycles. The summed E-state index contributed by atoms with van der Waals surface area (Å²) in [6.07, 6.45) is 0. The van der Waals surface area contributed by atoms with E-state index < -0.39 is 11.8 Å². The summed E-state index contributed by atoms with van der Waals surface area (Å²) in [7, 11) is 0. The van der Waals surface area contributed by atoms with Gasteiger partial charge in [0.15, 0.2) is 0 Å². The summed E-state index contributed by atoms with van der Waals surface area (Å²) < 4.78 is 12.9. The number of rotatable bonds is 5. The minimum atomic E-state index is -0.449. The minimum absolute atomic E-state index is 0.0766. The molecule has 7 nitrogen and oxygen atoms in total. The summed E-state index contributed by atoms with van der Waals surface area (Å²) in [6.45, 7) is 0.648.